The third kappa shape index (κ3) is 1.86. The highest BCUT2D eigenvalue weighted by molar-refractivity contribution is 6.00. The molecular weight excluding hydrogens is 228 g/mol. The average Bonchev–Trinajstić information content (AvgIpc) is 2.82. The highest BCUT2D eigenvalue weighted by Crippen LogP contribution is 2.14. The van der Waals surface area contributed by atoms with E-state index < -0.39 is 0 Å². The second kappa shape index (κ2) is 4.42. The van der Waals surface area contributed by atoms with Crippen LogP contribution in [-0.2, 0) is 0 Å². The molecule has 18 heavy (non-hydrogen) atoms. The van der Waals surface area contributed by atoms with Crippen molar-refractivity contribution in [2.24, 2.45) is 0 Å². The summed E-state index contributed by atoms with van der Waals surface area (Å²) in [4.78, 5) is 14.4. The first-order valence-electron chi connectivity index (χ1n) is 6.21. The topological polar surface area (TPSA) is 49.6 Å². The summed E-state index contributed by atoms with van der Waals surface area (Å²) < 4.78 is 1.73. The number of fused-ring (bicyclic) bond motifs is 1. The van der Waals surface area contributed by atoms with Gasteiger partial charge in [-0.25, -0.2) is 4.52 Å². The van der Waals surface area contributed by atoms with Crippen LogP contribution in [0.3, 0.4) is 0 Å². The lowest BCUT2D eigenvalue weighted by atomic mass is 10.2. The lowest BCUT2D eigenvalue weighted by molar-refractivity contribution is 0.0711. The Bertz CT molecular complexity index is 577. The van der Waals surface area contributed by atoms with Gasteiger partial charge in [-0.2, -0.15) is 5.10 Å². The van der Waals surface area contributed by atoms with E-state index in [-0.39, 0.29) is 5.91 Å². The molecule has 0 aromatic carbocycles. The third-order valence-corrected chi connectivity index (χ3v) is 3.31. The van der Waals surface area contributed by atoms with Gasteiger partial charge in [-0.15, -0.1) is 0 Å². The predicted octanol–water partition coefficient (Wildman–Crippen LogP) is 0.768. The van der Waals surface area contributed by atoms with Gasteiger partial charge in [0.05, 0.1) is 17.3 Å². The van der Waals surface area contributed by atoms with Crippen molar-refractivity contribution in [2.45, 2.75) is 13.0 Å². The van der Waals surface area contributed by atoms with Crippen LogP contribution in [0.25, 0.3) is 5.52 Å². The molecule has 1 saturated heterocycles. The number of nitrogens with one attached hydrogen (secondary N) is 1. The Morgan fingerprint density at radius 1 is 1.50 bits per heavy atom. The van der Waals surface area contributed by atoms with E-state index in [1.165, 1.54) is 0 Å². The first kappa shape index (κ1) is 11.2. The number of rotatable bonds is 1. The standard InChI is InChI=1S/C13H16N4O/c1-10-9-16(7-5-14-10)13(18)11-8-15-17-6-3-2-4-12(11)17/h2-4,6,8,10,14H,5,7,9H2,1H3/t10-/m1/s1. The molecule has 2 aromatic heterocycles. The number of hydrogen-bond donors (Lipinski definition) is 1. The Morgan fingerprint density at radius 2 is 2.39 bits per heavy atom. The fraction of sp³-hybridized carbons (Fsp3) is 0.385. The zero-order chi connectivity index (χ0) is 12.5. The van der Waals surface area contributed by atoms with Crippen LogP contribution in [0.4, 0.5) is 0 Å². The number of amides is 1. The maximum absolute atomic E-state index is 12.5. The van der Waals surface area contributed by atoms with E-state index in [2.05, 4.69) is 17.3 Å². The van der Waals surface area contributed by atoms with Crippen LogP contribution in [0.5, 0.6) is 0 Å². The molecule has 1 amide bonds. The van der Waals surface area contributed by atoms with Crippen molar-refractivity contribution in [1.82, 2.24) is 19.8 Å². The van der Waals surface area contributed by atoms with Crippen LogP contribution in [-0.4, -0.2) is 46.1 Å². The molecule has 0 bridgehead atoms. The van der Waals surface area contributed by atoms with E-state index in [1.807, 2.05) is 29.3 Å². The van der Waals surface area contributed by atoms with Gasteiger partial charge in [0.25, 0.3) is 5.91 Å². The number of aromatic nitrogens is 2. The molecule has 1 N–H and O–H groups in total. The van der Waals surface area contributed by atoms with E-state index in [1.54, 1.807) is 10.7 Å². The number of carbonyl (C=O) groups is 1. The quantitative estimate of drug-likeness (QED) is 0.806. The maximum Gasteiger partial charge on any atom is 0.257 e. The van der Waals surface area contributed by atoms with Crippen LogP contribution in [0.2, 0.25) is 0 Å². The molecule has 5 nitrogen and oxygen atoms in total. The zero-order valence-corrected chi connectivity index (χ0v) is 10.3. The molecule has 1 aliphatic rings. The monoisotopic (exact) mass is 244 g/mol. The van der Waals surface area contributed by atoms with E-state index in [0.29, 0.717) is 11.6 Å². The average molecular weight is 244 g/mol. The van der Waals surface area contributed by atoms with Gasteiger partial charge in [0, 0.05) is 31.9 Å². The van der Waals surface area contributed by atoms with Crippen LogP contribution in [0, 0.1) is 0 Å². The molecule has 0 spiro atoms. The smallest absolute Gasteiger partial charge is 0.257 e. The summed E-state index contributed by atoms with van der Waals surface area (Å²) in [6.07, 6.45) is 3.51. The Kier molecular flexibility index (Phi) is 2.76. The van der Waals surface area contributed by atoms with Crippen molar-refractivity contribution in [3.05, 3.63) is 36.2 Å². The van der Waals surface area contributed by atoms with Gasteiger partial charge in [0.2, 0.25) is 0 Å². The van der Waals surface area contributed by atoms with Gasteiger partial charge < -0.3 is 10.2 Å². The van der Waals surface area contributed by atoms with E-state index in [4.69, 9.17) is 0 Å². The molecule has 1 atom stereocenters. The highest BCUT2D eigenvalue weighted by Gasteiger charge is 2.23. The summed E-state index contributed by atoms with van der Waals surface area (Å²) in [7, 11) is 0. The Morgan fingerprint density at radius 3 is 3.22 bits per heavy atom. The SMILES string of the molecule is C[C@@H]1CN(C(=O)c2cnn3ccccc23)CCN1. The largest absolute Gasteiger partial charge is 0.336 e. The summed E-state index contributed by atoms with van der Waals surface area (Å²) >= 11 is 0. The van der Waals surface area contributed by atoms with Crippen LogP contribution < -0.4 is 5.32 Å². The second-order valence-electron chi connectivity index (χ2n) is 4.70. The molecule has 0 unspecified atom stereocenters. The molecule has 2 aromatic rings. The molecule has 3 heterocycles. The van der Waals surface area contributed by atoms with E-state index >= 15 is 0 Å². The summed E-state index contributed by atoms with van der Waals surface area (Å²) in [6, 6.07) is 6.10. The first-order valence-corrected chi connectivity index (χ1v) is 6.21. The Hall–Kier alpha value is -1.88. The summed E-state index contributed by atoms with van der Waals surface area (Å²) in [5.41, 5.74) is 1.55. The minimum atomic E-state index is 0.0737. The van der Waals surface area contributed by atoms with Gasteiger partial charge in [0.1, 0.15) is 0 Å². The van der Waals surface area contributed by atoms with Gasteiger partial charge in [0.15, 0.2) is 0 Å². The molecule has 3 rings (SSSR count). The first-order chi connectivity index (χ1) is 8.75. The lowest BCUT2D eigenvalue weighted by Gasteiger charge is -2.31. The Labute approximate surface area is 105 Å². The number of piperazine rings is 1. The molecule has 94 valence electrons. The third-order valence-electron chi connectivity index (χ3n) is 3.31. The summed E-state index contributed by atoms with van der Waals surface area (Å²) in [5.74, 6) is 0.0737. The molecule has 0 aliphatic carbocycles. The molecular formula is C13H16N4O. The second-order valence-corrected chi connectivity index (χ2v) is 4.70. The maximum atomic E-state index is 12.5. The molecule has 0 radical (unpaired) electrons. The molecule has 1 aliphatic heterocycles. The number of pyridine rings is 1. The van der Waals surface area contributed by atoms with Gasteiger partial charge in [-0.1, -0.05) is 6.07 Å². The van der Waals surface area contributed by atoms with Crippen LogP contribution in [0.1, 0.15) is 17.3 Å². The number of hydrogen-bond acceptors (Lipinski definition) is 3. The van der Waals surface area contributed by atoms with Crippen molar-refractivity contribution < 1.29 is 4.79 Å². The van der Waals surface area contributed by atoms with Crippen molar-refractivity contribution in [1.29, 1.82) is 0 Å². The number of nitrogens with zero attached hydrogens (tertiary/aromatic N) is 3. The van der Waals surface area contributed by atoms with Crippen molar-refractivity contribution in [2.75, 3.05) is 19.6 Å². The predicted molar refractivity (Wildman–Crippen MR) is 68.6 cm³/mol. The molecule has 5 heteroatoms. The summed E-state index contributed by atoms with van der Waals surface area (Å²) in [6.45, 7) is 4.46. The van der Waals surface area contributed by atoms with E-state index in [9.17, 15) is 4.79 Å². The van der Waals surface area contributed by atoms with Crippen molar-refractivity contribution >= 4 is 11.4 Å². The van der Waals surface area contributed by atoms with Gasteiger partial charge in [-0.05, 0) is 19.1 Å². The minimum absolute atomic E-state index is 0.0737. The fourth-order valence-corrected chi connectivity index (χ4v) is 2.39. The van der Waals surface area contributed by atoms with E-state index in [0.717, 1.165) is 25.2 Å². The summed E-state index contributed by atoms with van der Waals surface area (Å²) in [5, 5.41) is 7.54. The normalized spacial score (nSPS) is 20.3. The highest BCUT2D eigenvalue weighted by atomic mass is 16.2. The Balaban J connectivity index is 1.92. The van der Waals surface area contributed by atoms with Crippen molar-refractivity contribution in [3.63, 3.8) is 0 Å². The zero-order valence-electron chi connectivity index (χ0n) is 10.3. The fourth-order valence-electron chi connectivity index (χ4n) is 2.39. The van der Waals surface area contributed by atoms with Crippen molar-refractivity contribution in [3.8, 4) is 0 Å². The number of carbonyl (C=O) groups excluding carboxylic acids is 1. The lowest BCUT2D eigenvalue weighted by Crippen LogP contribution is -2.51. The van der Waals surface area contributed by atoms with Gasteiger partial charge >= 0.3 is 0 Å². The minimum Gasteiger partial charge on any atom is -0.336 e. The van der Waals surface area contributed by atoms with Crippen LogP contribution in [0.15, 0.2) is 30.6 Å². The van der Waals surface area contributed by atoms with Gasteiger partial charge in [-0.3, -0.25) is 4.79 Å². The molecule has 1 fully saturated rings. The molecule has 0 saturated carbocycles. The van der Waals surface area contributed by atoms with Crippen LogP contribution >= 0.6 is 0 Å².